The molecule has 0 aromatic heterocycles. The number of esters is 2. The monoisotopic (exact) mass is 459 g/mol. The fraction of sp³-hybridized carbons (Fsp3) is 0.435. The molecule has 2 atom stereocenters. The van der Waals surface area contributed by atoms with E-state index in [1.165, 1.54) is 25.3 Å². The second-order valence-corrected chi connectivity index (χ2v) is 7.93. The molecule has 0 radical (unpaired) electrons. The molecule has 1 aliphatic heterocycles. The predicted octanol–water partition coefficient (Wildman–Crippen LogP) is 2.71. The van der Waals surface area contributed by atoms with Crippen LogP contribution in [0.2, 0.25) is 0 Å². The molecule has 178 valence electrons. The highest BCUT2D eigenvalue weighted by molar-refractivity contribution is 6.03. The molecular weight excluding hydrogens is 430 g/mol. The van der Waals surface area contributed by atoms with E-state index in [-0.39, 0.29) is 29.4 Å². The number of nitro groups is 1. The van der Waals surface area contributed by atoms with E-state index in [2.05, 4.69) is 10.6 Å². The number of rotatable bonds is 8. The number of dihydropyridines is 1. The summed E-state index contributed by atoms with van der Waals surface area (Å²) in [6.45, 7) is 8.68. The molecule has 0 unspecified atom stereocenters. The minimum absolute atomic E-state index is 0.144. The summed E-state index contributed by atoms with van der Waals surface area (Å²) in [5, 5.41) is 17.1. The van der Waals surface area contributed by atoms with Crippen molar-refractivity contribution in [3.05, 3.63) is 62.5 Å². The highest BCUT2D eigenvalue weighted by Gasteiger charge is 2.39. The number of nitrogens with zero attached hydrogens (tertiary/aromatic N) is 1. The van der Waals surface area contributed by atoms with Crippen LogP contribution in [0.25, 0.3) is 0 Å². The zero-order valence-corrected chi connectivity index (χ0v) is 19.6. The first-order valence-electron chi connectivity index (χ1n) is 10.5. The Kier molecular flexibility index (Phi) is 8.33. The minimum atomic E-state index is -0.950. The summed E-state index contributed by atoms with van der Waals surface area (Å²) in [4.78, 5) is 49.4. The van der Waals surface area contributed by atoms with E-state index < -0.39 is 34.7 Å². The molecule has 0 spiro atoms. The molecule has 0 aliphatic carbocycles. The first-order valence-corrected chi connectivity index (χ1v) is 10.5. The summed E-state index contributed by atoms with van der Waals surface area (Å²) in [5.74, 6) is -3.07. The summed E-state index contributed by atoms with van der Waals surface area (Å²) < 4.78 is 10.0. The van der Waals surface area contributed by atoms with Crippen molar-refractivity contribution >= 4 is 23.5 Å². The van der Waals surface area contributed by atoms with Crippen molar-refractivity contribution in [2.24, 2.45) is 5.92 Å². The molecule has 0 bridgehead atoms. The molecule has 10 nitrogen and oxygen atoms in total. The first kappa shape index (κ1) is 25.6. The van der Waals surface area contributed by atoms with Crippen LogP contribution in [0.15, 0.2) is 46.8 Å². The molecule has 1 heterocycles. The number of allylic oxidation sites excluding steroid dienone is 2. The topological polar surface area (TPSA) is 137 Å². The second kappa shape index (κ2) is 10.8. The molecule has 1 aromatic carbocycles. The van der Waals surface area contributed by atoms with Gasteiger partial charge in [0.05, 0.1) is 30.1 Å². The van der Waals surface area contributed by atoms with Crippen molar-refractivity contribution < 1.29 is 28.8 Å². The summed E-state index contributed by atoms with van der Waals surface area (Å²) in [7, 11) is 1.22. The van der Waals surface area contributed by atoms with E-state index in [1.807, 2.05) is 0 Å². The van der Waals surface area contributed by atoms with Gasteiger partial charge < -0.3 is 20.1 Å². The van der Waals surface area contributed by atoms with Crippen LogP contribution >= 0.6 is 0 Å². The van der Waals surface area contributed by atoms with Gasteiger partial charge in [-0.1, -0.05) is 26.0 Å². The van der Waals surface area contributed by atoms with Gasteiger partial charge in [0.25, 0.3) is 11.6 Å². The number of non-ortho nitro benzene ring substituents is 1. The van der Waals surface area contributed by atoms with E-state index in [9.17, 15) is 24.5 Å². The lowest BCUT2D eigenvalue weighted by molar-refractivity contribution is -0.384. The van der Waals surface area contributed by atoms with Gasteiger partial charge >= 0.3 is 11.9 Å². The number of nitrogens with one attached hydrogen (secondary N) is 2. The SMILES string of the molecule is CCOC(=O)[C@H](NC(=O)C1=C(C)NC(C)=C(C(=O)OC)[C@@H]1c1cccc([N+](=O)[O-])c1)C(C)C. The van der Waals surface area contributed by atoms with Gasteiger partial charge in [0.2, 0.25) is 0 Å². The largest absolute Gasteiger partial charge is 0.466 e. The summed E-state index contributed by atoms with van der Waals surface area (Å²) in [6.07, 6.45) is 0. The van der Waals surface area contributed by atoms with Crippen LogP contribution in [0.1, 0.15) is 46.1 Å². The predicted molar refractivity (Wildman–Crippen MR) is 120 cm³/mol. The zero-order chi connectivity index (χ0) is 24.9. The minimum Gasteiger partial charge on any atom is -0.466 e. The van der Waals surface area contributed by atoms with Gasteiger partial charge in [-0.05, 0) is 32.3 Å². The third kappa shape index (κ3) is 5.57. The summed E-state index contributed by atoms with van der Waals surface area (Å²) in [5.41, 5.74) is 1.38. The van der Waals surface area contributed by atoms with Crippen molar-refractivity contribution in [3.63, 3.8) is 0 Å². The van der Waals surface area contributed by atoms with Crippen molar-refractivity contribution in [1.82, 2.24) is 10.6 Å². The second-order valence-electron chi connectivity index (χ2n) is 7.93. The molecule has 2 rings (SSSR count). The van der Waals surface area contributed by atoms with Crippen LogP contribution in [-0.2, 0) is 23.9 Å². The molecule has 1 amide bonds. The van der Waals surface area contributed by atoms with Gasteiger partial charge in [-0.25, -0.2) is 9.59 Å². The number of carbonyl (C=O) groups is 3. The lowest BCUT2D eigenvalue weighted by Crippen LogP contribution is -2.47. The van der Waals surface area contributed by atoms with Crippen LogP contribution in [0.3, 0.4) is 0 Å². The molecule has 0 saturated carbocycles. The molecule has 1 aliphatic rings. The maximum Gasteiger partial charge on any atom is 0.336 e. The van der Waals surface area contributed by atoms with Gasteiger partial charge in [-0.2, -0.15) is 0 Å². The van der Waals surface area contributed by atoms with Crippen molar-refractivity contribution in [2.75, 3.05) is 13.7 Å². The van der Waals surface area contributed by atoms with Gasteiger partial charge in [-0.3, -0.25) is 14.9 Å². The molecule has 33 heavy (non-hydrogen) atoms. The van der Waals surface area contributed by atoms with Crippen LogP contribution in [0.5, 0.6) is 0 Å². The standard InChI is InChI=1S/C23H29N3O7/c1-7-33-23(29)20(12(2)3)25-21(27)17-13(4)24-14(5)18(22(28)32-6)19(17)15-9-8-10-16(11-15)26(30)31/h8-12,19-20,24H,7H2,1-6H3,(H,25,27)/t19-,20-/m1/s1. The van der Waals surface area contributed by atoms with E-state index in [4.69, 9.17) is 9.47 Å². The Balaban J connectivity index is 2.62. The molecule has 0 saturated heterocycles. The smallest absolute Gasteiger partial charge is 0.336 e. The van der Waals surface area contributed by atoms with Gasteiger partial charge in [0, 0.05) is 29.1 Å². The van der Waals surface area contributed by atoms with Crippen molar-refractivity contribution in [1.29, 1.82) is 0 Å². The Morgan fingerprint density at radius 2 is 1.82 bits per heavy atom. The lowest BCUT2D eigenvalue weighted by Gasteiger charge is -2.31. The number of ether oxygens (including phenoxy) is 2. The first-order chi connectivity index (χ1) is 15.5. The molecule has 2 N–H and O–H groups in total. The molecule has 1 aromatic rings. The van der Waals surface area contributed by atoms with Crippen molar-refractivity contribution in [2.45, 2.75) is 46.6 Å². The average molecular weight is 459 g/mol. The Hall–Kier alpha value is -3.69. The van der Waals surface area contributed by atoms with Crippen molar-refractivity contribution in [3.8, 4) is 0 Å². The fourth-order valence-electron chi connectivity index (χ4n) is 3.78. The third-order valence-corrected chi connectivity index (χ3v) is 5.32. The molecule has 10 heteroatoms. The Morgan fingerprint density at radius 1 is 1.18 bits per heavy atom. The molecular formula is C23H29N3O7. The third-order valence-electron chi connectivity index (χ3n) is 5.32. The number of benzene rings is 1. The highest BCUT2D eigenvalue weighted by Crippen LogP contribution is 2.39. The van der Waals surface area contributed by atoms with E-state index in [1.54, 1.807) is 40.7 Å². The number of hydrogen-bond acceptors (Lipinski definition) is 8. The van der Waals surface area contributed by atoms with E-state index >= 15 is 0 Å². The maximum absolute atomic E-state index is 13.5. The highest BCUT2D eigenvalue weighted by atomic mass is 16.6. The van der Waals surface area contributed by atoms with Gasteiger partial charge in [0.15, 0.2) is 0 Å². The van der Waals surface area contributed by atoms with Crippen LogP contribution in [0, 0.1) is 16.0 Å². The van der Waals surface area contributed by atoms with Gasteiger partial charge in [-0.15, -0.1) is 0 Å². The zero-order valence-electron chi connectivity index (χ0n) is 19.6. The summed E-state index contributed by atoms with van der Waals surface area (Å²) in [6, 6.07) is 4.81. The number of amides is 1. The average Bonchev–Trinajstić information content (AvgIpc) is 2.76. The normalized spacial score (nSPS) is 16.8. The maximum atomic E-state index is 13.5. The Bertz CT molecular complexity index is 1030. The number of hydrogen-bond donors (Lipinski definition) is 2. The molecule has 0 fully saturated rings. The number of nitro benzene ring substituents is 1. The van der Waals surface area contributed by atoms with Gasteiger partial charge in [0.1, 0.15) is 6.04 Å². The van der Waals surface area contributed by atoms with E-state index in [0.717, 1.165) is 0 Å². The Morgan fingerprint density at radius 3 is 2.36 bits per heavy atom. The van der Waals surface area contributed by atoms with Crippen LogP contribution in [-0.4, -0.2) is 42.5 Å². The number of methoxy groups -OCH3 is 1. The van der Waals surface area contributed by atoms with Crippen LogP contribution < -0.4 is 10.6 Å². The van der Waals surface area contributed by atoms with E-state index in [0.29, 0.717) is 17.0 Å². The summed E-state index contributed by atoms with van der Waals surface area (Å²) >= 11 is 0. The Labute approximate surface area is 192 Å². The van der Waals surface area contributed by atoms with Crippen LogP contribution in [0.4, 0.5) is 5.69 Å². The quantitative estimate of drug-likeness (QED) is 0.344. The number of carbonyl (C=O) groups excluding carboxylic acids is 3. The lowest BCUT2D eigenvalue weighted by atomic mass is 9.79. The fourth-order valence-corrected chi connectivity index (χ4v) is 3.78.